The fraction of sp³-hybridized carbons (Fsp3) is 0.737. The van der Waals surface area contributed by atoms with Crippen LogP contribution in [0.5, 0.6) is 0 Å². The minimum absolute atomic E-state index is 0.0769. The topological polar surface area (TPSA) is 58.8 Å². The van der Waals surface area contributed by atoms with Crippen LogP contribution in [-0.2, 0) is 10.2 Å². The molecule has 4 heterocycles. The third-order valence-electron chi connectivity index (χ3n) is 5.62. The van der Waals surface area contributed by atoms with Gasteiger partial charge >= 0.3 is 0 Å². The van der Waals surface area contributed by atoms with Crippen molar-refractivity contribution in [1.82, 2.24) is 24.7 Å². The number of nitrogens with zero attached hydrogens (tertiary/aromatic N) is 6. The van der Waals surface area contributed by atoms with E-state index in [0.29, 0.717) is 6.04 Å². The van der Waals surface area contributed by atoms with Gasteiger partial charge in [-0.15, -0.1) is 15.3 Å². The van der Waals surface area contributed by atoms with Crippen LogP contribution in [0.25, 0.3) is 5.65 Å². The Morgan fingerprint density at radius 1 is 1.15 bits per heavy atom. The summed E-state index contributed by atoms with van der Waals surface area (Å²) in [7, 11) is 2.26. The summed E-state index contributed by atoms with van der Waals surface area (Å²) in [5, 5.41) is 13.4. The SMILES string of the molecule is CN(CC1CCOCC1)C1CN(c2ccc3nnc(C(C)(C)C)n3n2)C1. The van der Waals surface area contributed by atoms with Crippen molar-refractivity contribution in [3.05, 3.63) is 18.0 Å². The van der Waals surface area contributed by atoms with Gasteiger partial charge in [-0.05, 0) is 37.9 Å². The molecule has 2 aliphatic heterocycles. The van der Waals surface area contributed by atoms with Crippen molar-refractivity contribution in [2.75, 3.05) is 44.8 Å². The first-order valence-electron chi connectivity index (χ1n) is 9.68. The van der Waals surface area contributed by atoms with Gasteiger partial charge in [0.15, 0.2) is 11.5 Å². The second-order valence-electron chi connectivity index (χ2n) is 8.79. The van der Waals surface area contributed by atoms with Gasteiger partial charge in [0, 0.05) is 44.3 Å². The molecule has 142 valence electrons. The van der Waals surface area contributed by atoms with Crippen LogP contribution in [0.3, 0.4) is 0 Å². The van der Waals surface area contributed by atoms with Gasteiger partial charge in [0.05, 0.1) is 0 Å². The fourth-order valence-electron chi connectivity index (χ4n) is 3.82. The number of hydrogen-bond donors (Lipinski definition) is 0. The van der Waals surface area contributed by atoms with Gasteiger partial charge in [0.25, 0.3) is 0 Å². The minimum Gasteiger partial charge on any atom is -0.381 e. The average molecular weight is 358 g/mol. The molecule has 2 aromatic rings. The van der Waals surface area contributed by atoms with E-state index in [2.05, 4.69) is 53.9 Å². The van der Waals surface area contributed by atoms with E-state index in [1.165, 1.54) is 19.4 Å². The second-order valence-corrected chi connectivity index (χ2v) is 8.79. The number of anilines is 1. The molecule has 2 aliphatic rings. The maximum absolute atomic E-state index is 5.47. The van der Waals surface area contributed by atoms with Gasteiger partial charge in [0.2, 0.25) is 0 Å². The Balaban J connectivity index is 1.40. The lowest BCUT2D eigenvalue weighted by Gasteiger charge is -2.45. The van der Waals surface area contributed by atoms with Crippen molar-refractivity contribution < 1.29 is 4.74 Å². The van der Waals surface area contributed by atoms with Crippen molar-refractivity contribution in [1.29, 1.82) is 0 Å². The van der Waals surface area contributed by atoms with Crippen molar-refractivity contribution in [2.45, 2.75) is 45.1 Å². The number of hydrogen-bond acceptors (Lipinski definition) is 6. The molecule has 0 atom stereocenters. The summed E-state index contributed by atoms with van der Waals surface area (Å²) in [4.78, 5) is 4.86. The molecule has 0 aliphatic carbocycles. The van der Waals surface area contributed by atoms with E-state index in [0.717, 1.165) is 49.5 Å². The van der Waals surface area contributed by atoms with Gasteiger partial charge in [0.1, 0.15) is 5.82 Å². The lowest BCUT2D eigenvalue weighted by molar-refractivity contribution is 0.0480. The van der Waals surface area contributed by atoms with E-state index in [9.17, 15) is 0 Å². The minimum atomic E-state index is -0.0769. The lowest BCUT2D eigenvalue weighted by atomic mass is 9.96. The Bertz CT molecular complexity index is 755. The molecule has 2 fully saturated rings. The van der Waals surface area contributed by atoms with Gasteiger partial charge in [-0.1, -0.05) is 20.8 Å². The Morgan fingerprint density at radius 2 is 1.88 bits per heavy atom. The summed E-state index contributed by atoms with van der Waals surface area (Å²) in [5.74, 6) is 2.70. The summed E-state index contributed by atoms with van der Waals surface area (Å²) in [6, 6.07) is 4.69. The standard InChI is InChI=1S/C19H30N6O/c1-19(2,3)18-21-20-16-5-6-17(22-25(16)18)24-12-15(13-24)23(4)11-14-7-9-26-10-8-14/h5-6,14-15H,7-13H2,1-4H3. The fourth-order valence-corrected chi connectivity index (χ4v) is 3.82. The van der Waals surface area contributed by atoms with Crippen LogP contribution in [0.15, 0.2) is 12.1 Å². The molecule has 2 saturated heterocycles. The van der Waals surface area contributed by atoms with Gasteiger partial charge in [-0.2, -0.15) is 4.52 Å². The van der Waals surface area contributed by atoms with Crippen molar-refractivity contribution in [2.24, 2.45) is 5.92 Å². The second kappa shape index (κ2) is 6.78. The van der Waals surface area contributed by atoms with Crippen LogP contribution >= 0.6 is 0 Å². The Kier molecular flexibility index (Phi) is 4.61. The first-order valence-corrected chi connectivity index (χ1v) is 9.68. The highest BCUT2D eigenvalue weighted by Crippen LogP contribution is 2.25. The maximum Gasteiger partial charge on any atom is 0.178 e. The Morgan fingerprint density at radius 3 is 2.58 bits per heavy atom. The quantitative estimate of drug-likeness (QED) is 0.833. The normalized spacial score (nSPS) is 20.1. The number of rotatable bonds is 4. The molecular weight excluding hydrogens is 328 g/mol. The van der Waals surface area contributed by atoms with Crippen molar-refractivity contribution >= 4 is 11.5 Å². The highest BCUT2D eigenvalue weighted by molar-refractivity contribution is 5.48. The smallest absolute Gasteiger partial charge is 0.178 e. The molecule has 0 aromatic carbocycles. The lowest BCUT2D eigenvalue weighted by Crippen LogP contribution is -2.59. The first kappa shape index (κ1) is 17.7. The van der Waals surface area contributed by atoms with E-state index >= 15 is 0 Å². The van der Waals surface area contributed by atoms with Crippen LogP contribution < -0.4 is 4.90 Å². The number of likely N-dealkylation sites (N-methyl/N-ethyl adjacent to an activating group) is 1. The number of ether oxygens (including phenoxy) is 1. The van der Waals surface area contributed by atoms with E-state index in [1.807, 2.05) is 10.6 Å². The van der Waals surface area contributed by atoms with Gasteiger partial charge < -0.3 is 9.64 Å². The molecular formula is C19H30N6O. The summed E-state index contributed by atoms with van der Waals surface area (Å²) in [6.45, 7) is 11.5. The summed E-state index contributed by atoms with van der Waals surface area (Å²) in [6.07, 6.45) is 2.39. The molecule has 7 nitrogen and oxygen atoms in total. The van der Waals surface area contributed by atoms with E-state index in [1.54, 1.807) is 0 Å². The average Bonchev–Trinajstić information content (AvgIpc) is 2.98. The first-order chi connectivity index (χ1) is 12.4. The molecule has 26 heavy (non-hydrogen) atoms. The maximum atomic E-state index is 5.47. The summed E-state index contributed by atoms with van der Waals surface area (Å²) in [5.41, 5.74) is 0.735. The molecule has 0 amide bonds. The monoisotopic (exact) mass is 358 g/mol. The zero-order chi connectivity index (χ0) is 18.3. The zero-order valence-electron chi connectivity index (χ0n) is 16.4. The van der Waals surface area contributed by atoms with Gasteiger partial charge in [-0.3, -0.25) is 4.90 Å². The molecule has 0 bridgehead atoms. The van der Waals surface area contributed by atoms with Crippen molar-refractivity contribution in [3.63, 3.8) is 0 Å². The molecule has 7 heteroatoms. The van der Waals surface area contributed by atoms with E-state index < -0.39 is 0 Å². The van der Waals surface area contributed by atoms with Crippen LogP contribution in [-0.4, -0.2) is 70.6 Å². The third-order valence-corrected chi connectivity index (χ3v) is 5.62. The predicted octanol–water partition coefficient (Wildman–Crippen LogP) is 1.97. The highest BCUT2D eigenvalue weighted by Gasteiger charge is 2.32. The van der Waals surface area contributed by atoms with Crippen LogP contribution in [0.2, 0.25) is 0 Å². The molecule has 0 N–H and O–H groups in total. The highest BCUT2D eigenvalue weighted by atomic mass is 16.5. The van der Waals surface area contributed by atoms with Crippen LogP contribution in [0.4, 0.5) is 5.82 Å². The predicted molar refractivity (Wildman–Crippen MR) is 102 cm³/mol. The zero-order valence-corrected chi connectivity index (χ0v) is 16.4. The number of fused-ring (bicyclic) bond motifs is 1. The van der Waals surface area contributed by atoms with E-state index in [4.69, 9.17) is 9.84 Å². The number of aromatic nitrogens is 4. The van der Waals surface area contributed by atoms with Gasteiger partial charge in [-0.25, -0.2) is 0 Å². The molecule has 4 rings (SSSR count). The van der Waals surface area contributed by atoms with Crippen molar-refractivity contribution in [3.8, 4) is 0 Å². The largest absolute Gasteiger partial charge is 0.381 e. The molecule has 0 saturated carbocycles. The molecule has 2 aromatic heterocycles. The molecule has 0 spiro atoms. The van der Waals surface area contributed by atoms with Crippen LogP contribution in [0, 0.1) is 5.92 Å². The van der Waals surface area contributed by atoms with Crippen LogP contribution in [0.1, 0.15) is 39.4 Å². The summed E-state index contributed by atoms with van der Waals surface area (Å²) >= 11 is 0. The molecule has 0 radical (unpaired) electrons. The summed E-state index contributed by atoms with van der Waals surface area (Å²) < 4.78 is 7.37. The molecule has 0 unspecified atom stereocenters. The Hall–Kier alpha value is -1.73. The van der Waals surface area contributed by atoms with E-state index in [-0.39, 0.29) is 5.41 Å². The Labute approximate surface area is 155 Å². The third kappa shape index (κ3) is 3.42.